The zero-order valence-corrected chi connectivity index (χ0v) is 11.3. The van der Waals surface area contributed by atoms with E-state index in [1.807, 2.05) is 7.05 Å². The van der Waals surface area contributed by atoms with Crippen molar-refractivity contribution in [3.05, 3.63) is 24.3 Å². The first-order valence-corrected chi connectivity index (χ1v) is 6.36. The number of rotatable bonds is 2. The normalized spacial score (nSPS) is 26.0. The number of anilines is 2. The maximum Gasteiger partial charge on any atom is 0.0368 e. The van der Waals surface area contributed by atoms with Crippen molar-refractivity contribution in [3.63, 3.8) is 0 Å². The zero-order chi connectivity index (χ0) is 12.4. The van der Waals surface area contributed by atoms with E-state index in [2.05, 4.69) is 60.3 Å². The molecule has 17 heavy (non-hydrogen) atoms. The number of hydrogen-bond acceptors (Lipinski definition) is 3. The van der Waals surface area contributed by atoms with Gasteiger partial charge in [0.05, 0.1) is 0 Å². The van der Waals surface area contributed by atoms with Crippen molar-refractivity contribution >= 4 is 11.4 Å². The van der Waals surface area contributed by atoms with Crippen molar-refractivity contribution in [1.82, 2.24) is 4.90 Å². The van der Waals surface area contributed by atoms with Crippen LogP contribution in [0.25, 0.3) is 0 Å². The van der Waals surface area contributed by atoms with Crippen molar-refractivity contribution in [3.8, 4) is 0 Å². The fraction of sp³-hybridized carbons (Fsp3) is 0.571. The Morgan fingerprint density at radius 1 is 1.06 bits per heavy atom. The predicted octanol–water partition coefficient (Wildman–Crippen LogP) is 2.26. The molecule has 1 heterocycles. The number of nitrogens with one attached hydrogen (secondary N) is 1. The summed E-state index contributed by atoms with van der Waals surface area (Å²) in [5.74, 6) is 0. The van der Waals surface area contributed by atoms with E-state index in [9.17, 15) is 0 Å². The van der Waals surface area contributed by atoms with Crippen molar-refractivity contribution in [1.29, 1.82) is 0 Å². The summed E-state index contributed by atoms with van der Waals surface area (Å²) in [4.78, 5) is 4.94. The second-order valence-corrected chi connectivity index (χ2v) is 5.07. The van der Waals surface area contributed by atoms with Crippen molar-refractivity contribution in [2.75, 3.05) is 37.4 Å². The van der Waals surface area contributed by atoms with Crippen molar-refractivity contribution in [2.24, 2.45) is 0 Å². The Balaban J connectivity index is 2.11. The molecule has 1 aliphatic heterocycles. The molecule has 0 aromatic heterocycles. The molecule has 0 saturated carbocycles. The molecule has 0 spiro atoms. The summed E-state index contributed by atoms with van der Waals surface area (Å²) in [6, 6.07) is 9.92. The highest BCUT2D eigenvalue weighted by molar-refractivity contribution is 5.55. The van der Waals surface area contributed by atoms with Gasteiger partial charge < -0.3 is 10.2 Å². The third-order valence-electron chi connectivity index (χ3n) is 3.88. The lowest BCUT2D eigenvalue weighted by Gasteiger charge is -2.43. The standard InChI is InChI=1S/C14H23N3/c1-11-9-17(10-12(2)16(11)4)14-7-5-13(15-3)6-8-14/h5-8,11-12,15H,9-10H2,1-4H3. The summed E-state index contributed by atoms with van der Waals surface area (Å²) in [5.41, 5.74) is 2.50. The molecule has 1 aromatic rings. The van der Waals surface area contributed by atoms with Crippen LogP contribution in [0.5, 0.6) is 0 Å². The quantitative estimate of drug-likeness (QED) is 0.845. The molecule has 2 rings (SSSR count). The first-order chi connectivity index (χ1) is 8.11. The van der Waals surface area contributed by atoms with Gasteiger partial charge in [0.15, 0.2) is 0 Å². The van der Waals surface area contributed by atoms with Crippen LogP contribution in [0.3, 0.4) is 0 Å². The van der Waals surface area contributed by atoms with Gasteiger partial charge in [0.25, 0.3) is 0 Å². The Morgan fingerprint density at radius 3 is 2.06 bits per heavy atom. The van der Waals surface area contributed by atoms with E-state index in [1.165, 1.54) is 11.4 Å². The highest BCUT2D eigenvalue weighted by Crippen LogP contribution is 2.22. The van der Waals surface area contributed by atoms with Gasteiger partial charge in [0.2, 0.25) is 0 Å². The summed E-state index contributed by atoms with van der Waals surface area (Å²) in [6.45, 7) is 6.81. The number of hydrogen-bond donors (Lipinski definition) is 1. The molecular weight excluding hydrogens is 210 g/mol. The average molecular weight is 233 g/mol. The molecule has 1 fully saturated rings. The lowest BCUT2D eigenvalue weighted by molar-refractivity contribution is 0.170. The summed E-state index contributed by atoms with van der Waals surface area (Å²) < 4.78 is 0. The number of piperazine rings is 1. The van der Waals surface area contributed by atoms with Gasteiger partial charge in [-0.3, -0.25) is 4.90 Å². The Hall–Kier alpha value is -1.22. The lowest BCUT2D eigenvalue weighted by atomic mass is 10.1. The van der Waals surface area contributed by atoms with E-state index in [1.54, 1.807) is 0 Å². The Morgan fingerprint density at radius 2 is 1.59 bits per heavy atom. The van der Waals surface area contributed by atoms with Gasteiger partial charge >= 0.3 is 0 Å². The third-order valence-corrected chi connectivity index (χ3v) is 3.88. The second kappa shape index (κ2) is 4.96. The fourth-order valence-electron chi connectivity index (χ4n) is 2.45. The summed E-state index contributed by atoms with van der Waals surface area (Å²) in [6.07, 6.45) is 0. The highest BCUT2D eigenvalue weighted by atomic mass is 15.3. The van der Waals surface area contributed by atoms with Crippen LogP contribution in [-0.2, 0) is 0 Å². The zero-order valence-electron chi connectivity index (χ0n) is 11.3. The third kappa shape index (κ3) is 2.55. The Kier molecular flexibility index (Phi) is 3.57. The first-order valence-electron chi connectivity index (χ1n) is 6.36. The number of benzene rings is 1. The smallest absolute Gasteiger partial charge is 0.0368 e. The highest BCUT2D eigenvalue weighted by Gasteiger charge is 2.26. The summed E-state index contributed by atoms with van der Waals surface area (Å²) >= 11 is 0. The van der Waals surface area contributed by atoms with Crippen molar-refractivity contribution in [2.45, 2.75) is 25.9 Å². The first kappa shape index (κ1) is 12.2. The minimum Gasteiger partial charge on any atom is -0.388 e. The number of likely N-dealkylation sites (N-methyl/N-ethyl adjacent to an activating group) is 1. The van der Waals surface area contributed by atoms with Gasteiger partial charge in [-0.2, -0.15) is 0 Å². The van der Waals surface area contributed by atoms with E-state index in [-0.39, 0.29) is 0 Å². The molecule has 0 bridgehead atoms. The van der Waals surface area contributed by atoms with Gasteiger partial charge in [-0.05, 0) is 45.2 Å². The average Bonchev–Trinajstić information content (AvgIpc) is 2.35. The second-order valence-electron chi connectivity index (χ2n) is 5.07. The van der Waals surface area contributed by atoms with E-state index in [0.717, 1.165) is 13.1 Å². The van der Waals surface area contributed by atoms with Gasteiger partial charge in [-0.1, -0.05) is 0 Å². The molecule has 1 aromatic carbocycles. The molecule has 0 aliphatic carbocycles. The minimum absolute atomic E-state index is 0.614. The van der Waals surface area contributed by atoms with Crippen molar-refractivity contribution < 1.29 is 0 Å². The van der Waals surface area contributed by atoms with Gasteiger partial charge in [0.1, 0.15) is 0 Å². The van der Waals surface area contributed by atoms with E-state index in [4.69, 9.17) is 0 Å². The van der Waals surface area contributed by atoms with Crippen LogP contribution in [0.4, 0.5) is 11.4 Å². The predicted molar refractivity (Wildman–Crippen MR) is 74.9 cm³/mol. The van der Waals surface area contributed by atoms with Gasteiger partial charge in [0, 0.05) is 43.6 Å². The van der Waals surface area contributed by atoms with E-state index < -0.39 is 0 Å². The molecule has 3 heteroatoms. The van der Waals surface area contributed by atoms with Gasteiger partial charge in [-0.15, -0.1) is 0 Å². The largest absolute Gasteiger partial charge is 0.388 e. The molecule has 0 radical (unpaired) electrons. The lowest BCUT2D eigenvalue weighted by Crippen LogP contribution is -2.55. The van der Waals surface area contributed by atoms with Crippen LogP contribution in [0.2, 0.25) is 0 Å². The molecular formula is C14H23N3. The minimum atomic E-state index is 0.614. The molecule has 1 aliphatic rings. The van der Waals surface area contributed by atoms with Gasteiger partial charge in [-0.25, -0.2) is 0 Å². The summed E-state index contributed by atoms with van der Waals surface area (Å²) in [5, 5.41) is 3.15. The number of nitrogens with zero attached hydrogens (tertiary/aromatic N) is 2. The van der Waals surface area contributed by atoms with Crippen LogP contribution >= 0.6 is 0 Å². The SMILES string of the molecule is CNc1ccc(N2CC(C)N(C)C(C)C2)cc1. The maximum atomic E-state index is 3.15. The molecule has 1 N–H and O–H groups in total. The Bertz CT molecular complexity index is 348. The van der Waals surface area contributed by atoms with Crippen LogP contribution < -0.4 is 10.2 Å². The summed E-state index contributed by atoms with van der Waals surface area (Å²) in [7, 11) is 4.17. The monoisotopic (exact) mass is 233 g/mol. The maximum absolute atomic E-state index is 3.15. The molecule has 94 valence electrons. The topological polar surface area (TPSA) is 18.5 Å². The molecule has 1 saturated heterocycles. The van der Waals surface area contributed by atoms with Crippen LogP contribution in [-0.4, -0.2) is 44.2 Å². The van der Waals surface area contributed by atoms with E-state index >= 15 is 0 Å². The van der Waals surface area contributed by atoms with Crippen LogP contribution in [0.1, 0.15) is 13.8 Å². The fourth-order valence-corrected chi connectivity index (χ4v) is 2.45. The van der Waals surface area contributed by atoms with E-state index in [0.29, 0.717) is 12.1 Å². The van der Waals surface area contributed by atoms with Crippen LogP contribution in [0.15, 0.2) is 24.3 Å². The molecule has 2 atom stereocenters. The Labute approximate surface area is 104 Å². The van der Waals surface area contributed by atoms with Crippen LogP contribution in [0, 0.1) is 0 Å². The molecule has 2 unspecified atom stereocenters. The molecule has 3 nitrogen and oxygen atoms in total. The molecule has 0 amide bonds.